The van der Waals surface area contributed by atoms with Crippen LogP contribution in [0.25, 0.3) is 0 Å². The number of rotatable bonds is 33. The molecule has 0 aliphatic carbocycles. The number of halogens is 1. The molecule has 2 aliphatic rings. The summed E-state index contributed by atoms with van der Waals surface area (Å²) in [5.74, 6) is 0. The summed E-state index contributed by atoms with van der Waals surface area (Å²) in [5, 5.41) is 31.1. The van der Waals surface area contributed by atoms with Gasteiger partial charge in [-0.05, 0) is 74.7 Å². The van der Waals surface area contributed by atoms with Gasteiger partial charge in [-0.3, -0.25) is 9.98 Å². The average molecular weight is 941 g/mol. The minimum absolute atomic E-state index is 0.121. The predicted molar refractivity (Wildman–Crippen MR) is 266 cm³/mol. The van der Waals surface area contributed by atoms with E-state index in [1.165, 1.54) is 77.0 Å². The Hall–Kier alpha value is -0.780. The Labute approximate surface area is 396 Å². The van der Waals surface area contributed by atoms with Crippen molar-refractivity contribution in [2.24, 2.45) is 9.98 Å². The van der Waals surface area contributed by atoms with Gasteiger partial charge in [-0.15, -0.1) is 0 Å². The molecule has 3 N–H and O–H groups in total. The quantitative estimate of drug-likeness (QED) is 0.0190. The molecular weight excluding hydrogens is 850 g/mol. The van der Waals surface area contributed by atoms with Crippen LogP contribution >= 0.6 is 33.6 Å². The molecule has 1 radical (unpaired) electrons. The summed E-state index contributed by atoms with van der Waals surface area (Å²) in [7, 11) is 6.40. The number of aliphatic hydroxyl groups is 3. The molecule has 62 heavy (non-hydrogen) atoms. The van der Waals surface area contributed by atoms with Crippen molar-refractivity contribution in [1.82, 2.24) is 0 Å². The molecule has 361 valence electrons. The largest absolute Gasteiger partial charge is 0.470 e. The Balaban J connectivity index is 0.00000112. The lowest BCUT2D eigenvalue weighted by Gasteiger charge is -2.42. The van der Waals surface area contributed by atoms with Gasteiger partial charge in [-0.25, -0.2) is 0 Å². The third-order valence-corrected chi connectivity index (χ3v) is 10.7. The maximum absolute atomic E-state index is 10.9. The molecule has 0 saturated carbocycles. The molecule has 0 bridgehead atoms. The van der Waals surface area contributed by atoms with Crippen LogP contribution < -0.4 is 0 Å². The van der Waals surface area contributed by atoms with Crippen molar-refractivity contribution in [1.29, 1.82) is 4.01 Å². The van der Waals surface area contributed by atoms with Crippen LogP contribution in [0.1, 0.15) is 158 Å². The van der Waals surface area contributed by atoms with Crippen molar-refractivity contribution in [2.75, 3.05) is 32.1 Å². The van der Waals surface area contributed by atoms with Crippen molar-refractivity contribution in [3.05, 3.63) is 24.7 Å². The van der Waals surface area contributed by atoms with Crippen LogP contribution in [0.4, 0.5) is 0 Å². The van der Waals surface area contributed by atoms with E-state index >= 15 is 0 Å². The van der Waals surface area contributed by atoms with Gasteiger partial charge in [-0.2, -0.15) is 0 Å². The number of unbranched alkanes of at least 4 members (excludes halogenated alkanes) is 14. The average Bonchev–Trinajstić information content (AvgIpc) is 3.27. The number of aliphatic hydroxyl groups excluding tert-OH is 3. The molecule has 0 aromatic carbocycles. The maximum atomic E-state index is 10.9. The molecule has 2 aliphatic heterocycles. The summed E-state index contributed by atoms with van der Waals surface area (Å²) in [6, 6.07) is -0.954. The zero-order valence-electron chi connectivity index (χ0n) is 42.4. The normalized spacial score (nSPS) is 26.5. The van der Waals surface area contributed by atoms with Gasteiger partial charge in [0.1, 0.15) is 56.5 Å². The lowest BCUT2D eigenvalue weighted by molar-refractivity contribution is -0.258. The highest BCUT2D eigenvalue weighted by atomic mass is 35.7. The smallest absolute Gasteiger partial charge is 0.224 e. The molecule has 0 unspecified atom stereocenters. The van der Waals surface area contributed by atoms with E-state index in [4.69, 9.17) is 47.3 Å². The summed E-state index contributed by atoms with van der Waals surface area (Å²) in [5.41, 5.74) is 2.12. The second kappa shape index (κ2) is 41.6. The second-order valence-electron chi connectivity index (χ2n) is 15.9. The lowest BCUT2D eigenvalue weighted by atomic mass is 9.97. The molecule has 2 fully saturated rings. The van der Waals surface area contributed by atoms with Crippen molar-refractivity contribution < 1.29 is 47.9 Å². The molecule has 0 spiro atoms. The van der Waals surface area contributed by atoms with Crippen molar-refractivity contribution in [2.45, 2.75) is 219 Å². The van der Waals surface area contributed by atoms with Gasteiger partial charge in [0.05, 0.1) is 25.7 Å². The Morgan fingerprint density at radius 1 is 0.758 bits per heavy atom. The first-order valence-electron chi connectivity index (χ1n) is 24.7. The second-order valence-corrected chi connectivity index (χ2v) is 17.5. The first-order valence-corrected chi connectivity index (χ1v) is 25.6. The Morgan fingerprint density at radius 2 is 1.18 bits per heavy atom. The number of hydrogen-bond acceptors (Lipinski definition) is 14. The third kappa shape index (κ3) is 28.3. The van der Waals surface area contributed by atoms with Gasteiger partial charge in [0.15, 0.2) is 0 Å². The zero-order chi connectivity index (χ0) is 48.7. The Morgan fingerprint density at radius 3 is 1.53 bits per heavy atom. The highest BCUT2D eigenvalue weighted by Gasteiger charge is 2.48. The summed E-state index contributed by atoms with van der Waals surface area (Å²) < 4.78 is 60.7. The summed E-state index contributed by atoms with van der Waals surface area (Å²) in [6.07, 6.45) is 20.5. The van der Waals surface area contributed by atoms with Crippen LogP contribution in [-0.2, 0) is 32.6 Å². The zero-order valence-corrected chi connectivity index (χ0v) is 41.8. The van der Waals surface area contributed by atoms with Gasteiger partial charge < -0.3 is 47.9 Å². The molecule has 0 aromatic rings. The number of nitrogens with zero attached hydrogens (tertiary/aromatic N) is 2. The van der Waals surface area contributed by atoms with Crippen molar-refractivity contribution in [3.8, 4) is 0 Å². The number of ether oxygens (including phenoxy) is 6. The van der Waals surface area contributed by atoms with Crippen molar-refractivity contribution in [3.63, 3.8) is 0 Å². The fourth-order valence-corrected chi connectivity index (χ4v) is 7.12. The lowest BCUT2D eigenvalue weighted by Crippen LogP contribution is -2.59. The molecule has 2 saturated heterocycles. The minimum Gasteiger partial charge on any atom is -0.470 e. The molecule has 10 atom stereocenters. The Kier molecular flexibility index (Phi) is 37.3. The topological polar surface area (TPSA) is 150 Å². The first-order chi connectivity index (χ1) is 31.4. The van der Waals surface area contributed by atoms with E-state index in [0.29, 0.717) is 18.9 Å². The molecule has 0 aromatic heterocycles. The van der Waals surface area contributed by atoms with Crippen LogP contribution in [0.2, 0.25) is 0 Å². The fourth-order valence-electron chi connectivity index (χ4n) is 6.91. The van der Waals surface area contributed by atoms with Crippen LogP contribution in [0, 0.1) is 0 Å². The van der Waals surface area contributed by atoms with E-state index in [1.54, 1.807) is 24.7 Å². The number of aliphatic imine (C=N–C) groups is 2. The monoisotopic (exact) mass is 941 g/mol. The molecule has 2 heterocycles. The van der Waals surface area contributed by atoms with E-state index in [2.05, 4.69) is 23.8 Å². The van der Waals surface area contributed by atoms with Crippen LogP contribution in [-0.4, -0.2) is 139 Å². The van der Waals surface area contributed by atoms with E-state index in [0.717, 1.165) is 67.1 Å². The van der Waals surface area contributed by atoms with Crippen LogP contribution in [0.5, 0.6) is 0 Å². The van der Waals surface area contributed by atoms with Gasteiger partial charge in [0.25, 0.3) is 0 Å². The fraction of sp³-hybridized carbons (Fsp3) is 0.867. The van der Waals surface area contributed by atoms with Crippen molar-refractivity contribution >= 4 is 59.8 Å². The standard InChI is InChI=1S/C22H41BNO5S.C22H41NO5.CH4BClS/c1-5-7-8-9-10-11-12-13-15-26-21-19(24-17(3)4)22(27-14-6-2)29-18(20(21)25)16-28-30-23;1-5-7-8-9-10-11-12-13-15-26-21-19(23-17(3)4)22(27-14-6-2)28-18(16-24)20(21)25;2-1-4-3/h6,14,18-23,25H,5,7-13,15-16H2,1-4H3;6,14,18-22,24-25H,5,7-13,15-16H2,1-4H3;1-2H2/b2*14-6-;/t2*18-,19-,20-,21-,22+;/m11./s1/i23T;;2TD. The number of hydrogen-bond donors (Lipinski definition) is 3. The van der Waals surface area contributed by atoms with Gasteiger partial charge in [0.2, 0.25) is 19.7 Å². The summed E-state index contributed by atoms with van der Waals surface area (Å²) >= 11 is 0.897. The number of allylic oxidation sites excluding steroid dienone is 2. The SMILES string of the molecule is C/C=C\O[C@H]1O[C@H](CO)[C@@H](O)[C@H](OCCCCCCCCCC)[C@H]1N=C(C)C.[2H]B([3H])CSCl.[3H][B]SOC[C@H]1O[C@H](O/C=C\C)[C@H](N=C(C)C)[C@@H](OCCCCCCCCCC)[C@@H]1O. The molecule has 12 nitrogen and oxygen atoms in total. The molecule has 17 heteroatoms. The minimum atomic E-state index is -0.947. The highest BCUT2D eigenvalue weighted by Crippen LogP contribution is 2.30. The van der Waals surface area contributed by atoms with E-state index in [1.807, 2.05) is 41.5 Å². The predicted octanol–water partition coefficient (Wildman–Crippen LogP) is 8.93. The van der Waals surface area contributed by atoms with E-state index < -0.39 is 69.1 Å². The van der Waals surface area contributed by atoms with Crippen LogP contribution in [0.15, 0.2) is 34.7 Å². The van der Waals surface area contributed by atoms with E-state index in [-0.39, 0.29) is 13.2 Å². The first kappa shape index (κ1) is 55.5. The van der Waals surface area contributed by atoms with Gasteiger partial charge in [-0.1, -0.05) is 139 Å². The van der Waals surface area contributed by atoms with Crippen LogP contribution in [0.3, 0.4) is 0 Å². The third-order valence-electron chi connectivity index (χ3n) is 9.96. The molecule has 0 amide bonds. The van der Waals surface area contributed by atoms with Gasteiger partial charge >= 0.3 is 0 Å². The molecular formula is C45H86B2ClN2O10S2. The Bertz CT molecular complexity index is 1240. The highest BCUT2D eigenvalue weighted by molar-refractivity contribution is 8.21. The van der Waals surface area contributed by atoms with Gasteiger partial charge in [0, 0.05) is 24.6 Å². The maximum Gasteiger partial charge on any atom is 0.224 e. The summed E-state index contributed by atoms with van der Waals surface area (Å²) in [6.45, 7) is 16.7. The van der Waals surface area contributed by atoms with E-state index in [9.17, 15) is 15.3 Å². The summed E-state index contributed by atoms with van der Waals surface area (Å²) in [4.78, 5) is 9.25. The molecule has 2 rings (SSSR count).